The maximum Gasteiger partial charge on any atom is 0.122 e. The van der Waals surface area contributed by atoms with Crippen molar-refractivity contribution >= 4 is 0 Å². The van der Waals surface area contributed by atoms with E-state index >= 15 is 0 Å². The highest BCUT2D eigenvalue weighted by Gasteiger charge is 2.16. The average molecular weight is 246 g/mol. The monoisotopic (exact) mass is 246 g/mol. The van der Waals surface area contributed by atoms with E-state index in [2.05, 4.69) is 31.3 Å². The van der Waals surface area contributed by atoms with Crippen LogP contribution in [0.25, 0.3) is 0 Å². The number of benzene rings is 1. The number of methoxy groups -OCH3 is 1. The molecule has 18 heavy (non-hydrogen) atoms. The van der Waals surface area contributed by atoms with Gasteiger partial charge in [-0.1, -0.05) is 6.07 Å². The van der Waals surface area contributed by atoms with E-state index in [0.717, 1.165) is 12.3 Å². The van der Waals surface area contributed by atoms with E-state index in [-0.39, 0.29) is 5.41 Å². The van der Waals surface area contributed by atoms with E-state index in [1.54, 1.807) is 7.11 Å². The number of hydrogen-bond donors (Lipinski definition) is 1. The summed E-state index contributed by atoms with van der Waals surface area (Å²) in [5.41, 5.74) is 3.35. The van der Waals surface area contributed by atoms with Gasteiger partial charge in [-0.3, -0.25) is 0 Å². The van der Waals surface area contributed by atoms with E-state index in [9.17, 15) is 0 Å². The Hall–Kier alpha value is -1.53. The lowest BCUT2D eigenvalue weighted by molar-refractivity contribution is 0.410. The molecule has 0 radical (unpaired) electrons. The molecule has 1 N–H and O–H groups in total. The number of hydrogen-bond acceptors (Lipinski definition) is 3. The number of ether oxygens (including phenoxy) is 1. The smallest absolute Gasteiger partial charge is 0.122 e. The molecule has 0 spiro atoms. The molecule has 3 nitrogen and oxygen atoms in total. The van der Waals surface area contributed by atoms with Crippen LogP contribution >= 0.6 is 0 Å². The zero-order valence-corrected chi connectivity index (χ0v) is 11.9. The van der Waals surface area contributed by atoms with Crippen molar-refractivity contribution in [1.82, 2.24) is 5.32 Å². The fourth-order valence-corrected chi connectivity index (χ4v) is 1.81. The SMILES string of the molecule is COc1ccc(CNCC(C)(C)C#N)c(C)c1C. The third-order valence-corrected chi connectivity index (χ3v) is 3.25. The summed E-state index contributed by atoms with van der Waals surface area (Å²) in [7, 11) is 1.69. The molecule has 1 aromatic rings. The van der Waals surface area contributed by atoms with Crippen molar-refractivity contribution < 1.29 is 4.74 Å². The molecule has 3 heteroatoms. The van der Waals surface area contributed by atoms with Gasteiger partial charge in [-0.25, -0.2) is 0 Å². The number of rotatable bonds is 5. The lowest BCUT2D eigenvalue weighted by Gasteiger charge is -2.17. The first kappa shape index (κ1) is 14.5. The van der Waals surface area contributed by atoms with Crippen LogP contribution in [-0.4, -0.2) is 13.7 Å². The molecule has 0 aliphatic rings. The second-order valence-corrected chi connectivity index (χ2v) is 5.28. The fraction of sp³-hybridized carbons (Fsp3) is 0.533. The molecule has 0 saturated carbocycles. The molecule has 0 amide bonds. The lowest BCUT2D eigenvalue weighted by atomic mass is 9.95. The van der Waals surface area contributed by atoms with Crippen LogP contribution in [0.5, 0.6) is 5.75 Å². The van der Waals surface area contributed by atoms with Gasteiger partial charge in [0.05, 0.1) is 18.6 Å². The minimum absolute atomic E-state index is 0.324. The maximum absolute atomic E-state index is 8.95. The molecular weight excluding hydrogens is 224 g/mol. The van der Waals surface area contributed by atoms with Crippen molar-refractivity contribution in [2.45, 2.75) is 34.2 Å². The quantitative estimate of drug-likeness (QED) is 0.868. The Labute approximate surface area is 110 Å². The molecule has 1 aromatic carbocycles. The molecule has 0 heterocycles. The summed E-state index contributed by atoms with van der Waals surface area (Å²) in [6, 6.07) is 6.36. The van der Waals surface area contributed by atoms with E-state index < -0.39 is 0 Å². The summed E-state index contributed by atoms with van der Waals surface area (Å²) in [5, 5.41) is 12.3. The first-order valence-corrected chi connectivity index (χ1v) is 6.16. The zero-order chi connectivity index (χ0) is 13.8. The van der Waals surface area contributed by atoms with Crippen LogP contribution in [0.1, 0.15) is 30.5 Å². The van der Waals surface area contributed by atoms with Crippen molar-refractivity contribution in [2.24, 2.45) is 5.41 Å². The molecule has 98 valence electrons. The molecule has 0 bridgehead atoms. The Balaban J connectivity index is 2.70. The molecule has 0 aromatic heterocycles. The Kier molecular flexibility index (Phi) is 4.75. The molecule has 0 atom stereocenters. The third-order valence-electron chi connectivity index (χ3n) is 3.25. The van der Waals surface area contributed by atoms with Crippen LogP contribution in [0.3, 0.4) is 0 Å². The Morgan fingerprint density at radius 3 is 2.50 bits per heavy atom. The van der Waals surface area contributed by atoms with Crippen LogP contribution in [0, 0.1) is 30.6 Å². The van der Waals surface area contributed by atoms with Gasteiger partial charge in [-0.2, -0.15) is 5.26 Å². The highest BCUT2D eigenvalue weighted by atomic mass is 16.5. The van der Waals surface area contributed by atoms with Gasteiger partial charge in [0.1, 0.15) is 5.75 Å². The summed E-state index contributed by atoms with van der Waals surface area (Å²) >= 11 is 0. The standard InChI is InChI=1S/C15H22N2O/c1-11-12(2)14(18-5)7-6-13(11)8-17-10-15(3,4)9-16/h6-7,17H,8,10H2,1-5H3. The third kappa shape index (κ3) is 3.48. The summed E-state index contributed by atoms with van der Waals surface area (Å²) < 4.78 is 5.29. The van der Waals surface area contributed by atoms with E-state index in [4.69, 9.17) is 10.00 Å². The van der Waals surface area contributed by atoms with Crippen molar-refractivity contribution in [3.63, 3.8) is 0 Å². The van der Waals surface area contributed by atoms with Crippen LogP contribution in [-0.2, 0) is 6.54 Å². The summed E-state index contributed by atoms with van der Waals surface area (Å²) in [4.78, 5) is 0. The second kappa shape index (κ2) is 5.88. The molecule has 1 rings (SSSR count). The van der Waals surface area contributed by atoms with Crippen molar-refractivity contribution in [3.8, 4) is 11.8 Å². The molecular formula is C15H22N2O. The van der Waals surface area contributed by atoms with Gasteiger partial charge < -0.3 is 10.1 Å². The van der Waals surface area contributed by atoms with E-state index in [1.807, 2.05) is 19.9 Å². The lowest BCUT2D eigenvalue weighted by Crippen LogP contribution is -2.28. The Morgan fingerprint density at radius 1 is 1.28 bits per heavy atom. The van der Waals surface area contributed by atoms with Gasteiger partial charge in [-0.15, -0.1) is 0 Å². The fourth-order valence-electron chi connectivity index (χ4n) is 1.81. The first-order chi connectivity index (χ1) is 8.41. The van der Waals surface area contributed by atoms with Crippen molar-refractivity contribution in [1.29, 1.82) is 5.26 Å². The molecule has 0 aliphatic carbocycles. The topological polar surface area (TPSA) is 45.0 Å². The molecule has 0 fully saturated rings. The first-order valence-electron chi connectivity index (χ1n) is 6.16. The summed E-state index contributed by atoms with van der Waals surface area (Å²) in [6.07, 6.45) is 0. The molecule has 0 unspecified atom stereocenters. The van der Waals surface area contributed by atoms with Crippen LogP contribution < -0.4 is 10.1 Å². The number of nitrogens with zero attached hydrogens (tertiary/aromatic N) is 1. The highest BCUT2D eigenvalue weighted by Crippen LogP contribution is 2.24. The van der Waals surface area contributed by atoms with Crippen LogP contribution in [0.15, 0.2) is 12.1 Å². The second-order valence-electron chi connectivity index (χ2n) is 5.28. The Morgan fingerprint density at radius 2 is 1.94 bits per heavy atom. The predicted octanol–water partition coefficient (Wildman–Crippen LogP) is 2.95. The molecule has 0 saturated heterocycles. The van der Waals surface area contributed by atoms with E-state index in [0.29, 0.717) is 6.54 Å². The minimum Gasteiger partial charge on any atom is -0.496 e. The van der Waals surface area contributed by atoms with Gasteiger partial charge >= 0.3 is 0 Å². The predicted molar refractivity (Wildman–Crippen MR) is 73.6 cm³/mol. The van der Waals surface area contributed by atoms with Gasteiger partial charge in [-0.05, 0) is 50.5 Å². The average Bonchev–Trinajstić information content (AvgIpc) is 2.35. The van der Waals surface area contributed by atoms with E-state index in [1.165, 1.54) is 16.7 Å². The van der Waals surface area contributed by atoms with Crippen LogP contribution in [0.4, 0.5) is 0 Å². The molecule has 0 aliphatic heterocycles. The highest BCUT2D eigenvalue weighted by molar-refractivity contribution is 5.43. The van der Waals surface area contributed by atoms with Crippen LogP contribution in [0.2, 0.25) is 0 Å². The number of nitriles is 1. The number of nitrogens with one attached hydrogen (secondary N) is 1. The van der Waals surface area contributed by atoms with Gasteiger partial charge in [0.15, 0.2) is 0 Å². The minimum atomic E-state index is -0.324. The summed E-state index contributed by atoms with van der Waals surface area (Å²) in [6.45, 7) is 9.51. The normalized spacial score (nSPS) is 11.1. The van der Waals surface area contributed by atoms with Crippen molar-refractivity contribution in [3.05, 3.63) is 28.8 Å². The largest absolute Gasteiger partial charge is 0.496 e. The Bertz CT molecular complexity index is 458. The van der Waals surface area contributed by atoms with Gasteiger partial charge in [0, 0.05) is 13.1 Å². The van der Waals surface area contributed by atoms with Crippen molar-refractivity contribution in [2.75, 3.05) is 13.7 Å². The van der Waals surface area contributed by atoms with Gasteiger partial charge in [0.25, 0.3) is 0 Å². The zero-order valence-electron chi connectivity index (χ0n) is 11.9. The maximum atomic E-state index is 8.95. The summed E-state index contributed by atoms with van der Waals surface area (Å²) in [5.74, 6) is 0.925. The van der Waals surface area contributed by atoms with Gasteiger partial charge in [0.2, 0.25) is 0 Å².